The van der Waals surface area contributed by atoms with Gasteiger partial charge in [-0.05, 0) is 53.7 Å². The predicted molar refractivity (Wildman–Crippen MR) is 206 cm³/mol. The lowest BCUT2D eigenvalue weighted by Gasteiger charge is -2.30. The second kappa shape index (κ2) is 19.7. The zero-order chi connectivity index (χ0) is 40.0. The average Bonchev–Trinajstić information content (AvgIpc) is 3.47. The summed E-state index contributed by atoms with van der Waals surface area (Å²) >= 11 is 0. The summed E-state index contributed by atoms with van der Waals surface area (Å²) in [5, 5.41) is 0. The summed E-state index contributed by atoms with van der Waals surface area (Å²) in [5.74, 6) is -1.34. The number of hydrogen-bond donors (Lipinski definition) is 0. The van der Waals surface area contributed by atoms with Gasteiger partial charge in [0, 0.05) is 26.0 Å². The first kappa shape index (κ1) is 42.3. The lowest BCUT2D eigenvalue weighted by Crippen LogP contribution is -2.39. The lowest BCUT2D eigenvalue weighted by molar-refractivity contribution is -0.129. The van der Waals surface area contributed by atoms with Gasteiger partial charge in [-0.15, -0.1) is 0 Å². The maximum absolute atomic E-state index is 13.3. The van der Waals surface area contributed by atoms with Gasteiger partial charge in [-0.2, -0.15) is 0 Å². The molecule has 4 bridgehead atoms. The van der Waals surface area contributed by atoms with Crippen molar-refractivity contribution in [3.05, 3.63) is 127 Å². The minimum Gasteiger partial charge on any atom is -0.456 e. The molecule has 12 nitrogen and oxygen atoms in total. The van der Waals surface area contributed by atoms with Crippen LogP contribution in [0.25, 0.3) is 6.08 Å². The van der Waals surface area contributed by atoms with Crippen LogP contribution in [0.3, 0.4) is 0 Å². The van der Waals surface area contributed by atoms with Gasteiger partial charge >= 0.3 is 11.9 Å². The number of epoxide rings is 1. The fourth-order valence-corrected chi connectivity index (χ4v) is 5.46. The number of cyclic esters (lactones) is 2. The average molecular weight is 755 g/mol. The molecular formula is C43H50N2O10. The molecular weight excluding hydrogens is 704 g/mol. The van der Waals surface area contributed by atoms with Crippen molar-refractivity contribution in [1.29, 1.82) is 0 Å². The van der Waals surface area contributed by atoms with E-state index in [2.05, 4.69) is 9.97 Å². The minimum atomic E-state index is -1.04. The molecule has 0 unspecified atom stereocenters. The molecule has 0 N–H and O–H groups in total. The second-order valence-electron chi connectivity index (χ2n) is 14.0. The predicted octanol–water partition coefficient (Wildman–Crippen LogP) is 7.67. The van der Waals surface area contributed by atoms with E-state index in [4.69, 9.17) is 27.8 Å². The van der Waals surface area contributed by atoms with E-state index in [-0.39, 0.29) is 66.2 Å². The molecule has 0 saturated carbocycles. The van der Waals surface area contributed by atoms with Crippen LogP contribution in [-0.4, -0.2) is 71.1 Å². The summed E-state index contributed by atoms with van der Waals surface area (Å²) in [6.07, 6.45) is 28.4. The largest absolute Gasteiger partial charge is 0.456 e. The van der Waals surface area contributed by atoms with Gasteiger partial charge in [0.2, 0.25) is 5.89 Å². The zero-order valence-electron chi connectivity index (χ0n) is 32.4. The van der Waals surface area contributed by atoms with E-state index < -0.39 is 41.1 Å². The van der Waals surface area contributed by atoms with E-state index in [1.54, 1.807) is 109 Å². The van der Waals surface area contributed by atoms with Gasteiger partial charge in [0.15, 0.2) is 28.8 Å². The van der Waals surface area contributed by atoms with Crippen molar-refractivity contribution >= 4 is 29.6 Å². The van der Waals surface area contributed by atoms with Gasteiger partial charge in [0.1, 0.15) is 36.9 Å². The first-order valence-corrected chi connectivity index (χ1v) is 18.2. The number of methoxy groups -OCH3 is 1. The van der Waals surface area contributed by atoms with Gasteiger partial charge in [-0.3, -0.25) is 9.59 Å². The Kier molecular flexibility index (Phi) is 15.2. The number of fused-ring (bicyclic) bond motifs is 5. The Bertz CT molecular complexity index is 1900. The first-order chi connectivity index (χ1) is 26.3. The second-order valence-corrected chi connectivity index (χ2v) is 14.0. The molecule has 0 aromatic carbocycles. The molecule has 1 fully saturated rings. The van der Waals surface area contributed by atoms with Crippen molar-refractivity contribution in [3.63, 3.8) is 0 Å². The van der Waals surface area contributed by atoms with Crippen molar-refractivity contribution in [3.8, 4) is 0 Å². The van der Waals surface area contributed by atoms with Crippen LogP contribution in [0.5, 0.6) is 0 Å². The topological polar surface area (TPSA) is 161 Å². The van der Waals surface area contributed by atoms with Crippen LogP contribution < -0.4 is 0 Å². The number of carbonyl (C=O) groups is 4. The number of hydrogen-bond acceptors (Lipinski definition) is 12. The third-order valence-electron chi connectivity index (χ3n) is 9.22. The van der Waals surface area contributed by atoms with Crippen LogP contribution in [0.1, 0.15) is 87.1 Å². The number of aromatic nitrogens is 2. The van der Waals surface area contributed by atoms with Gasteiger partial charge in [-0.25, -0.2) is 19.6 Å². The van der Waals surface area contributed by atoms with E-state index in [0.717, 1.165) is 0 Å². The molecule has 12 heteroatoms. The zero-order valence-corrected chi connectivity index (χ0v) is 32.4. The summed E-state index contributed by atoms with van der Waals surface area (Å²) in [6.45, 7) is 10.4. The minimum absolute atomic E-state index is 0.0221. The normalized spacial score (nSPS) is 26.9. The highest BCUT2D eigenvalue weighted by atomic mass is 16.6. The molecule has 4 heterocycles. The summed E-state index contributed by atoms with van der Waals surface area (Å²) in [4.78, 5) is 61.0. The van der Waals surface area contributed by atoms with Gasteiger partial charge in [0.25, 0.3) is 0 Å². The third kappa shape index (κ3) is 12.0. The van der Waals surface area contributed by atoms with Crippen molar-refractivity contribution < 1.29 is 47.0 Å². The number of carbonyl (C=O) groups excluding carboxylic acids is 4. The van der Waals surface area contributed by atoms with E-state index in [1.165, 1.54) is 24.7 Å². The Morgan fingerprint density at radius 3 is 1.93 bits per heavy atom. The standard InChI is InChI=1S/C43H50N2O10/c1-8-18-34(46)42(3,4)36-23-14-12-10-11-13-20-29(50-7)26-39-45-31(28-52-39)41(49)55-37(43(5,6)35(47)19-9-2)24-17-22-33-32(53-33)21-15-16-25-38-44-30(27-51-38)40(48)54-36/h8-22,25,27-29,32-33,36-37H,23-24,26H2,1-7H3/b11-10-,14-12-,18-8+,19-9+,20-13+,21-15+,22-17-,25-16-/t29-,32-,33+,36+,37+/m0/s1. The number of rotatable bonds is 7. The number of esters is 2. The maximum atomic E-state index is 13.3. The van der Waals surface area contributed by atoms with Crippen LogP contribution in [-0.2, 0) is 35.0 Å². The van der Waals surface area contributed by atoms with Crippen molar-refractivity contribution in [2.24, 2.45) is 10.8 Å². The fourth-order valence-electron chi connectivity index (χ4n) is 5.46. The number of ketones is 2. The fraction of sp³-hybridized carbons (Fsp3) is 0.395. The van der Waals surface area contributed by atoms with Crippen molar-refractivity contribution in [2.45, 2.75) is 91.3 Å². The molecule has 0 aliphatic carbocycles. The van der Waals surface area contributed by atoms with Crippen molar-refractivity contribution in [1.82, 2.24) is 9.97 Å². The summed E-state index contributed by atoms with van der Waals surface area (Å²) in [6, 6.07) is 0. The third-order valence-corrected chi connectivity index (χ3v) is 9.22. The molecule has 2 aliphatic rings. The van der Waals surface area contributed by atoms with Crippen LogP contribution in [0.2, 0.25) is 0 Å². The van der Waals surface area contributed by atoms with Crippen LogP contribution in [0.15, 0.2) is 113 Å². The molecule has 2 aromatic rings. The highest BCUT2D eigenvalue weighted by Crippen LogP contribution is 2.32. The van der Waals surface area contributed by atoms with E-state index >= 15 is 0 Å². The van der Waals surface area contributed by atoms with Crippen molar-refractivity contribution in [2.75, 3.05) is 7.11 Å². The van der Waals surface area contributed by atoms with Crippen LogP contribution >= 0.6 is 0 Å². The van der Waals surface area contributed by atoms with E-state index in [9.17, 15) is 19.2 Å². The van der Waals surface area contributed by atoms with E-state index in [1.807, 2.05) is 24.3 Å². The van der Waals surface area contributed by atoms with Crippen LogP contribution in [0, 0.1) is 10.8 Å². The number of oxazole rings is 2. The smallest absolute Gasteiger partial charge is 0.360 e. The Morgan fingerprint density at radius 1 is 0.727 bits per heavy atom. The Hall–Kier alpha value is -5.46. The molecule has 0 radical (unpaired) electrons. The molecule has 55 heavy (non-hydrogen) atoms. The Morgan fingerprint density at radius 2 is 1.29 bits per heavy atom. The summed E-state index contributed by atoms with van der Waals surface area (Å²) in [7, 11) is 1.55. The molecule has 2 aromatic heterocycles. The quantitative estimate of drug-likeness (QED) is 0.118. The van der Waals surface area contributed by atoms with Gasteiger partial charge in [-0.1, -0.05) is 79.0 Å². The Labute approximate surface area is 322 Å². The van der Waals surface area contributed by atoms with Gasteiger partial charge < -0.3 is 27.8 Å². The highest BCUT2D eigenvalue weighted by Gasteiger charge is 2.40. The number of ether oxygens (including phenoxy) is 4. The molecule has 2 aliphatic heterocycles. The molecule has 0 spiro atoms. The van der Waals surface area contributed by atoms with Crippen LogP contribution in [0.4, 0.5) is 0 Å². The summed E-state index contributed by atoms with van der Waals surface area (Å²) in [5.41, 5.74) is -2.12. The molecule has 1 saturated heterocycles. The highest BCUT2D eigenvalue weighted by molar-refractivity contribution is 5.96. The number of nitrogens with zero attached hydrogens (tertiary/aromatic N) is 2. The lowest BCUT2D eigenvalue weighted by atomic mass is 9.80. The van der Waals surface area contributed by atoms with Gasteiger partial charge in [0.05, 0.1) is 23.4 Å². The number of allylic oxidation sites excluding steroid dienone is 10. The molecule has 292 valence electrons. The first-order valence-electron chi connectivity index (χ1n) is 18.2. The molecule has 4 rings (SSSR count). The monoisotopic (exact) mass is 754 g/mol. The molecule has 0 amide bonds. The SMILES string of the molecule is C/C=C/C(=O)C(C)(C)[C@H]1C\C=C/C=C\C=C\[C@H](OC)Cc2nc(co2)C(=O)O[C@@H](C(C)(C)C(=O)/C=C/C)C/C=C\[C@H]2O[C@H]2/C=C/C=C\c2nc(co2)C(=O)O1. The van der Waals surface area contributed by atoms with E-state index in [0.29, 0.717) is 0 Å². The molecule has 5 atom stereocenters. The Balaban J connectivity index is 1.58. The maximum Gasteiger partial charge on any atom is 0.360 e. The summed E-state index contributed by atoms with van der Waals surface area (Å²) < 4.78 is 34.1.